The molecular formula is C21H19N5O6. The van der Waals surface area contributed by atoms with E-state index in [1.54, 1.807) is 29.2 Å². The van der Waals surface area contributed by atoms with Crippen molar-refractivity contribution in [2.45, 2.75) is 25.4 Å². The maximum Gasteiger partial charge on any atom is 0.334 e. The van der Waals surface area contributed by atoms with Gasteiger partial charge in [0.1, 0.15) is 12.2 Å². The van der Waals surface area contributed by atoms with Gasteiger partial charge in [0.25, 0.3) is 5.56 Å². The van der Waals surface area contributed by atoms with E-state index in [9.17, 15) is 24.5 Å². The maximum atomic E-state index is 13.0. The maximum absolute atomic E-state index is 13.0. The van der Waals surface area contributed by atoms with Gasteiger partial charge in [-0.1, -0.05) is 0 Å². The van der Waals surface area contributed by atoms with Crippen LogP contribution < -0.4 is 11.1 Å². The lowest BCUT2D eigenvalue weighted by atomic mass is 9.83. The monoisotopic (exact) mass is 437 g/mol. The van der Waals surface area contributed by atoms with Crippen LogP contribution in [0.5, 0.6) is 0 Å². The second kappa shape index (κ2) is 7.59. The molecule has 5 heterocycles. The molecule has 2 bridgehead atoms. The van der Waals surface area contributed by atoms with E-state index in [4.69, 9.17) is 4.42 Å². The number of nitro groups is 1. The molecule has 1 fully saturated rings. The first kappa shape index (κ1) is 19.9. The smallest absolute Gasteiger partial charge is 0.334 e. The lowest BCUT2D eigenvalue weighted by Gasteiger charge is -2.42. The Balaban J connectivity index is 1.37. The van der Waals surface area contributed by atoms with Gasteiger partial charge in [0, 0.05) is 43.4 Å². The Labute approximate surface area is 180 Å². The topological polar surface area (TPSA) is 133 Å². The van der Waals surface area contributed by atoms with E-state index in [-0.39, 0.29) is 24.3 Å². The standard InChI is InChI=1S/C21H19N5O6/c27-19-6-3-15(18-2-1-7-32-18)22-25(19)12-20(28)23-9-13-8-14(11-23)16-4-5-17(26(30)31)21(29)24(16)10-13/h1-7,13-14H,8-12H2/t13-,14?/m0/s1. The minimum absolute atomic E-state index is 0.00374. The van der Waals surface area contributed by atoms with E-state index in [1.807, 2.05) is 0 Å². The third kappa shape index (κ3) is 3.41. The largest absolute Gasteiger partial charge is 0.463 e. The molecule has 0 aliphatic carbocycles. The number of rotatable bonds is 4. The predicted molar refractivity (Wildman–Crippen MR) is 111 cm³/mol. The number of nitrogens with zero attached hydrogens (tertiary/aromatic N) is 5. The second-order valence-corrected chi connectivity index (χ2v) is 8.11. The Morgan fingerprint density at radius 2 is 2.00 bits per heavy atom. The van der Waals surface area contributed by atoms with Crippen LogP contribution in [-0.2, 0) is 17.9 Å². The molecule has 1 amide bonds. The van der Waals surface area contributed by atoms with Crippen molar-refractivity contribution in [3.05, 3.63) is 79.2 Å². The summed E-state index contributed by atoms with van der Waals surface area (Å²) in [5.41, 5.74) is -0.289. The zero-order valence-electron chi connectivity index (χ0n) is 16.9. The summed E-state index contributed by atoms with van der Waals surface area (Å²) in [6.07, 6.45) is 2.30. The molecular weight excluding hydrogens is 418 g/mol. The van der Waals surface area contributed by atoms with Crippen molar-refractivity contribution in [2.75, 3.05) is 13.1 Å². The van der Waals surface area contributed by atoms with Crippen molar-refractivity contribution in [1.82, 2.24) is 19.2 Å². The third-order valence-corrected chi connectivity index (χ3v) is 6.06. The summed E-state index contributed by atoms with van der Waals surface area (Å²) >= 11 is 0. The van der Waals surface area contributed by atoms with Crippen LogP contribution in [0.3, 0.4) is 0 Å². The highest BCUT2D eigenvalue weighted by atomic mass is 16.6. The van der Waals surface area contributed by atoms with Crippen LogP contribution in [0.15, 0.2) is 56.7 Å². The van der Waals surface area contributed by atoms with Gasteiger partial charge in [0.2, 0.25) is 5.91 Å². The quantitative estimate of drug-likeness (QED) is 0.442. The fourth-order valence-electron chi connectivity index (χ4n) is 4.62. The van der Waals surface area contributed by atoms with Gasteiger partial charge < -0.3 is 13.9 Å². The summed E-state index contributed by atoms with van der Waals surface area (Å²) in [5.74, 6) is 0.154. The first-order chi connectivity index (χ1) is 15.4. The summed E-state index contributed by atoms with van der Waals surface area (Å²) in [6.45, 7) is 0.901. The zero-order chi connectivity index (χ0) is 22.4. The second-order valence-electron chi connectivity index (χ2n) is 8.11. The van der Waals surface area contributed by atoms with Crippen LogP contribution in [0.4, 0.5) is 5.69 Å². The fourth-order valence-corrected chi connectivity index (χ4v) is 4.62. The Bertz CT molecular complexity index is 1330. The van der Waals surface area contributed by atoms with Crippen LogP contribution in [0, 0.1) is 16.0 Å². The molecule has 0 N–H and O–H groups in total. The highest BCUT2D eigenvalue weighted by Crippen LogP contribution is 2.35. The number of hydrogen-bond acceptors (Lipinski definition) is 7. The number of furan rings is 1. The summed E-state index contributed by atoms with van der Waals surface area (Å²) in [6, 6.07) is 9.16. The molecule has 164 valence electrons. The molecule has 11 nitrogen and oxygen atoms in total. The van der Waals surface area contributed by atoms with Gasteiger partial charge in [0.15, 0.2) is 5.76 Å². The minimum atomic E-state index is -0.669. The van der Waals surface area contributed by atoms with Gasteiger partial charge in [-0.05, 0) is 36.6 Å². The molecule has 3 aromatic rings. The van der Waals surface area contributed by atoms with Crippen LogP contribution >= 0.6 is 0 Å². The van der Waals surface area contributed by atoms with Crippen molar-refractivity contribution in [1.29, 1.82) is 0 Å². The number of hydrogen-bond donors (Lipinski definition) is 0. The van der Waals surface area contributed by atoms with Crippen molar-refractivity contribution in [2.24, 2.45) is 5.92 Å². The van der Waals surface area contributed by atoms with Crippen LogP contribution in [0.25, 0.3) is 11.5 Å². The van der Waals surface area contributed by atoms with Gasteiger partial charge in [-0.25, -0.2) is 4.68 Å². The van der Waals surface area contributed by atoms with E-state index in [0.717, 1.165) is 11.1 Å². The molecule has 1 unspecified atom stereocenters. The summed E-state index contributed by atoms with van der Waals surface area (Å²) in [5, 5.41) is 15.3. The fraction of sp³-hybridized carbons (Fsp3) is 0.333. The molecule has 0 saturated carbocycles. The van der Waals surface area contributed by atoms with E-state index >= 15 is 0 Å². The first-order valence-corrected chi connectivity index (χ1v) is 10.2. The predicted octanol–water partition coefficient (Wildman–Crippen LogP) is 1.22. The molecule has 2 atom stereocenters. The molecule has 2 aliphatic heterocycles. The lowest BCUT2D eigenvalue weighted by Crippen LogP contribution is -2.50. The van der Waals surface area contributed by atoms with Gasteiger partial charge in [0.05, 0.1) is 11.2 Å². The van der Waals surface area contributed by atoms with E-state index in [2.05, 4.69) is 5.10 Å². The number of pyridine rings is 1. The molecule has 0 aromatic carbocycles. The Morgan fingerprint density at radius 3 is 2.75 bits per heavy atom. The number of carbonyl (C=O) groups is 1. The number of fused-ring (bicyclic) bond motifs is 4. The minimum Gasteiger partial charge on any atom is -0.463 e. The molecule has 0 radical (unpaired) electrons. The normalized spacial score (nSPS) is 19.4. The summed E-state index contributed by atoms with van der Waals surface area (Å²) in [4.78, 5) is 49.9. The van der Waals surface area contributed by atoms with Gasteiger partial charge in [-0.3, -0.25) is 24.5 Å². The Hall–Kier alpha value is -4.02. The first-order valence-electron chi connectivity index (χ1n) is 10.2. The number of aromatic nitrogens is 3. The van der Waals surface area contributed by atoms with Gasteiger partial charge in [-0.2, -0.15) is 5.10 Å². The third-order valence-electron chi connectivity index (χ3n) is 6.06. The van der Waals surface area contributed by atoms with Gasteiger partial charge >= 0.3 is 11.2 Å². The van der Waals surface area contributed by atoms with E-state index in [1.165, 1.54) is 23.0 Å². The lowest BCUT2D eigenvalue weighted by molar-refractivity contribution is -0.386. The molecule has 32 heavy (non-hydrogen) atoms. The zero-order valence-corrected chi connectivity index (χ0v) is 16.9. The number of likely N-dealkylation sites (tertiary alicyclic amines) is 1. The van der Waals surface area contributed by atoms with E-state index in [0.29, 0.717) is 36.8 Å². The summed E-state index contributed by atoms with van der Waals surface area (Å²) < 4.78 is 7.90. The highest BCUT2D eigenvalue weighted by molar-refractivity contribution is 5.76. The average Bonchev–Trinajstić information content (AvgIpc) is 3.30. The molecule has 2 aliphatic rings. The average molecular weight is 437 g/mol. The van der Waals surface area contributed by atoms with Crippen LogP contribution in [0.2, 0.25) is 0 Å². The number of carbonyl (C=O) groups excluding carboxylic acids is 1. The highest BCUT2D eigenvalue weighted by Gasteiger charge is 2.37. The van der Waals surface area contributed by atoms with Crippen molar-refractivity contribution >= 4 is 11.6 Å². The van der Waals surface area contributed by atoms with Crippen LogP contribution in [-0.4, -0.2) is 43.2 Å². The van der Waals surface area contributed by atoms with Crippen molar-refractivity contribution in [3.8, 4) is 11.5 Å². The van der Waals surface area contributed by atoms with E-state index < -0.39 is 21.7 Å². The Morgan fingerprint density at radius 1 is 1.16 bits per heavy atom. The SMILES string of the molecule is O=C(Cn1nc(-c2ccco2)ccc1=O)N1CC2C[C@@H](C1)Cn1c2ccc([N+](=O)[O-])c1=O. The molecule has 0 spiro atoms. The van der Waals surface area contributed by atoms with Crippen LogP contribution in [0.1, 0.15) is 18.0 Å². The van der Waals surface area contributed by atoms with Crippen molar-refractivity contribution in [3.63, 3.8) is 0 Å². The molecule has 5 rings (SSSR count). The molecule has 1 saturated heterocycles. The number of piperidine rings is 1. The van der Waals surface area contributed by atoms with Crippen molar-refractivity contribution < 1.29 is 14.1 Å². The van der Waals surface area contributed by atoms with Gasteiger partial charge in [-0.15, -0.1) is 0 Å². The number of amides is 1. The Kier molecular flexibility index (Phi) is 4.72. The summed E-state index contributed by atoms with van der Waals surface area (Å²) in [7, 11) is 0. The molecule has 3 aromatic heterocycles. The molecule has 11 heteroatoms.